The number of aromatic nitrogens is 3. The molecule has 0 fully saturated rings. The highest BCUT2D eigenvalue weighted by atomic mass is 32.1. The van der Waals surface area contributed by atoms with E-state index in [1.807, 2.05) is 35.9 Å². The normalized spacial score (nSPS) is 11.8. The van der Waals surface area contributed by atoms with Gasteiger partial charge in [-0.15, -0.1) is 11.3 Å². The van der Waals surface area contributed by atoms with Gasteiger partial charge in [-0.1, -0.05) is 54.6 Å². The highest BCUT2D eigenvalue weighted by Gasteiger charge is 2.18. The lowest BCUT2D eigenvalue weighted by Crippen LogP contribution is -1.97. The van der Waals surface area contributed by atoms with E-state index < -0.39 is 0 Å². The maximum Gasteiger partial charge on any atom is 0.137 e. The highest BCUT2D eigenvalue weighted by Crippen LogP contribution is 2.42. The van der Waals surface area contributed by atoms with Crippen LogP contribution in [0, 0.1) is 0 Å². The average molecular weight is 428 g/mol. The van der Waals surface area contributed by atoms with Gasteiger partial charge < -0.3 is 0 Å². The molecule has 32 heavy (non-hydrogen) atoms. The maximum absolute atomic E-state index is 4.86. The molecule has 0 saturated carbocycles. The zero-order chi connectivity index (χ0) is 21.1. The number of nitrogens with zero attached hydrogens (tertiary/aromatic N) is 3. The van der Waals surface area contributed by atoms with Crippen molar-refractivity contribution in [3.8, 4) is 16.9 Å². The van der Waals surface area contributed by atoms with Crippen LogP contribution in [0.2, 0.25) is 0 Å². The second-order valence-corrected chi connectivity index (χ2v) is 8.96. The molecule has 7 rings (SSSR count). The smallest absolute Gasteiger partial charge is 0.137 e. The van der Waals surface area contributed by atoms with Crippen molar-refractivity contribution in [1.82, 2.24) is 14.5 Å². The Hall–Kier alpha value is -4.02. The summed E-state index contributed by atoms with van der Waals surface area (Å²) in [5.41, 5.74) is 5.52. The van der Waals surface area contributed by atoms with Crippen LogP contribution in [-0.4, -0.2) is 14.5 Å². The van der Waals surface area contributed by atoms with Gasteiger partial charge in [0, 0.05) is 43.5 Å². The SMILES string of the molecule is c1ccc(-c2ccc(-n3c4cccnc4c4c5sc6ccccc6c5ccc43)nc2)cc1. The summed E-state index contributed by atoms with van der Waals surface area (Å²) in [6, 6.07) is 31.8. The first-order valence-corrected chi connectivity index (χ1v) is 11.4. The van der Waals surface area contributed by atoms with Gasteiger partial charge in [0.2, 0.25) is 0 Å². The molecule has 0 bridgehead atoms. The predicted molar refractivity (Wildman–Crippen MR) is 135 cm³/mol. The molecule has 150 valence electrons. The largest absolute Gasteiger partial charge is 0.292 e. The van der Waals surface area contributed by atoms with Crippen LogP contribution >= 0.6 is 11.3 Å². The van der Waals surface area contributed by atoms with Crippen molar-refractivity contribution >= 4 is 53.4 Å². The summed E-state index contributed by atoms with van der Waals surface area (Å²) in [6.07, 6.45) is 3.83. The molecule has 4 heterocycles. The second-order valence-electron chi connectivity index (χ2n) is 7.91. The topological polar surface area (TPSA) is 30.7 Å². The summed E-state index contributed by atoms with van der Waals surface area (Å²) >= 11 is 1.84. The van der Waals surface area contributed by atoms with E-state index in [4.69, 9.17) is 9.97 Å². The number of hydrogen-bond donors (Lipinski definition) is 0. The summed E-state index contributed by atoms with van der Waals surface area (Å²) in [5.74, 6) is 0.901. The summed E-state index contributed by atoms with van der Waals surface area (Å²) < 4.78 is 4.82. The fourth-order valence-electron chi connectivity index (χ4n) is 4.66. The van der Waals surface area contributed by atoms with Crippen LogP contribution in [0.25, 0.3) is 59.1 Å². The van der Waals surface area contributed by atoms with Crippen molar-refractivity contribution in [2.75, 3.05) is 0 Å². The number of benzene rings is 3. The van der Waals surface area contributed by atoms with Crippen molar-refractivity contribution in [1.29, 1.82) is 0 Å². The molecule has 0 atom stereocenters. The third-order valence-electron chi connectivity index (χ3n) is 6.11. The zero-order valence-corrected chi connectivity index (χ0v) is 17.9. The third-order valence-corrected chi connectivity index (χ3v) is 7.32. The van der Waals surface area contributed by atoms with Crippen LogP contribution in [0.5, 0.6) is 0 Å². The zero-order valence-electron chi connectivity index (χ0n) is 17.1. The molecule has 3 aromatic carbocycles. The van der Waals surface area contributed by atoms with Crippen molar-refractivity contribution in [3.05, 3.63) is 103 Å². The highest BCUT2D eigenvalue weighted by molar-refractivity contribution is 7.26. The van der Waals surface area contributed by atoms with Crippen molar-refractivity contribution in [3.63, 3.8) is 0 Å². The summed E-state index contributed by atoms with van der Waals surface area (Å²) in [4.78, 5) is 9.66. The Morgan fingerprint density at radius 3 is 2.38 bits per heavy atom. The summed E-state index contributed by atoms with van der Waals surface area (Å²) in [5, 5.41) is 3.79. The lowest BCUT2D eigenvalue weighted by Gasteiger charge is -2.08. The molecule has 4 aromatic heterocycles. The van der Waals surface area contributed by atoms with Crippen LogP contribution < -0.4 is 0 Å². The Morgan fingerprint density at radius 1 is 0.625 bits per heavy atom. The molecular weight excluding hydrogens is 410 g/mol. The van der Waals surface area contributed by atoms with E-state index in [1.165, 1.54) is 31.1 Å². The number of rotatable bonds is 2. The second kappa shape index (κ2) is 6.74. The molecule has 7 aromatic rings. The molecule has 0 radical (unpaired) electrons. The first-order chi connectivity index (χ1) is 15.9. The molecule has 0 aliphatic rings. The van der Waals surface area contributed by atoms with E-state index in [2.05, 4.69) is 83.4 Å². The quantitative estimate of drug-likeness (QED) is 0.284. The van der Waals surface area contributed by atoms with Crippen LogP contribution in [0.4, 0.5) is 0 Å². The summed E-state index contributed by atoms with van der Waals surface area (Å²) in [7, 11) is 0. The van der Waals surface area contributed by atoms with Gasteiger partial charge in [-0.3, -0.25) is 9.55 Å². The van der Waals surface area contributed by atoms with Crippen molar-refractivity contribution in [2.45, 2.75) is 0 Å². The van der Waals surface area contributed by atoms with E-state index >= 15 is 0 Å². The van der Waals surface area contributed by atoms with Crippen molar-refractivity contribution < 1.29 is 0 Å². The van der Waals surface area contributed by atoms with Crippen LogP contribution in [-0.2, 0) is 0 Å². The molecule has 3 nitrogen and oxygen atoms in total. The lowest BCUT2D eigenvalue weighted by molar-refractivity contribution is 1.08. The minimum absolute atomic E-state index is 0.901. The monoisotopic (exact) mass is 427 g/mol. The first kappa shape index (κ1) is 17.6. The van der Waals surface area contributed by atoms with Gasteiger partial charge in [0.15, 0.2) is 0 Å². The molecule has 0 N–H and O–H groups in total. The number of fused-ring (bicyclic) bond motifs is 7. The van der Waals surface area contributed by atoms with Gasteiger partial charge in [-0.25, -0.2) is 4.98 Å². The van der Waals surface area contributed by atoms with Crippen LogP contribution in [0.3, 0.4) is 0 Å². The van der Waals surface area contributed by atoms with Gasteiger partial charge in [0.25, 0.3) is 0 Å². The Balaban J connectivity index is 1.53. The minimum atomic E-state index is 0.901. The van der Waals surface area contributed by atoms with Gasteiger partial charge in [0.1, 0.15) is 5.82 Å². The number of pyridine rings is 2. The van der Waals surface area contributed by atoms with Crippen LogP contribution in [0.15, 0.2) is 103 Å². The molecule has 0 aliphatic heterocycles. The van der Waals surface area contributed by atoms with Gasteiger partial charge >= 0.3 is 0 Å². The van der Waals surface area contributed by atoms with E-state index in [1.54, 1.807) is 0 Å². The van der Waals surface area contributed by atoms with Gasteiger partial charge in [0.05, 0.1) is 16.6 Å². The number of thiophene rings is 1. The maximum atomic E-state index is 4.86. The first-order valence-electron chi connectivity index (χ1n) is 10.6. The Bertz CT molecular complexity index is 1760. The van der Waals surface area contributed by atoms with E-state index in [9.17, 15) is 0 Å². The van der Waals surface area contributed by atoms with Crippen molar-refractivity contribution in [2.24, 2.45) is 0 Å². The van der Waals surface area contributed by atoms with E-state index in [0.29, 0.717) is 0 Å². The molecule has 0 unspecified atom stereocenters. The fraction of sp³-hybridized carbons (Fsp3) is 0. The summed E-state index contributed by atoms with van der Waals surface area (Å²) in [6.45, 7) is 0. The molecule has 0 aliphatic carbocycles. The lowest BCUT2D eigenvalue weighted by atomic mass is 10.1. The van der Waals surface area contributed by atoms with Gasteiger partial charge in [-0.05, 0) is 42.0 Å². The average Bonchev–Trinajstić information content (AvgIpc) is 3.40. The molecule has 0 saturated heterocycles. The fourth-order valence-corrected chi connectivity index (χ4v) is 5.91. The molecule has 0 spiro atoms. The minimum Gasteiger partial charge on any atom is -0.292 e. The Labute approximate surface area is 188 Å². The standard InChI is InChI=1S/C28H17N3S/c1-2-7-18(8-3-1)19-12-15-25(30-17-19)31-22-14-13-21-20-9-4-5-11-24(20)32-28(21)26(22)27-23(31)10-6-16-29-27/h1-17H. The Kier molecular flexibility index (Phi) is 3.72. The van der Waals surface area contributed by atoms with E-state index in [-0.39, 0.29) is 0 Å². The Morgan fingerprint density at radius 2 is 1.50 bits per heavy atom. The number of hydrogen-bond acceptors (Lipinski definition) is 3. The third kappa shape index (κ3) is 2.47. The van der Waals surface area contributed by atoms with Crippen LogP contribution in [0.1, 0.15) is 0 Å². The molecular formula is C28H17N3S. The predicted octanol–water partition coefficient (Wildman–Crippen LogP) is 7.61. The molecule has 4 heteroatoms. The van der Waals surface area contributed by atoms with Gasteiger partial charge in [-0.2, -0.15) is 0 Å². The molecule has 0 amide bonds. The van der Waals surface area contributed by atoms with E-state index in [0.717, 1.165) is 27.9 Å².